The molecule has 0 aliphatic rings. The van der Waals surface area contributed by atoms with Crippen molar-refractivity contribution in [1.82, 2.24) is 15.0 Å². The van der Waals surface area contributed by atoms with Crippen molar-refractivity contribution < 1.29 is 4.74 Å². The highest BCUT2D eigenvalue weighted by Gasteiger charge is 2.15. The first-order chi connectivity index (χ1) is 7.83. The van der Waals surface area contributed by atoms with Crippen LogP contribution in [0, 0.1) is 0 Å². The largest absolute Gasteiger partial charge is 0.481 e. The van der Waals surface area contributed by atoms with Gasteiger partial charge < -0.3 is 10.5 Å². The maximum absolute atomic E-state index is 6.07. The summed E-state index contributed by atoms with van der Waals surface area (Å²) in [6.07, 6.45) is 6.51. The second kappa shape index (κ2) is 4.67. The third-order valence-electron chi connectivity index (χ3n) is 2.23. The van der Waals surface area contributed by atoms with E-state index in [1.807, 2.05) is 12.1 Å². The number of ether oxygens (including phenoxy) is 1. The summed E-state index contributed by atoms with van der Waals surface area (Å²) in [6.45, 7) is 0. The molecule has 5 nitrogen and oxygen atoms in total. The standard InChI is InChI=1S/C11H12N4O/c1-16-11-8(3-2-4-15-11)10(12)9-7-13-5-6-14-9/h2-7,10H,12H2,1H3. The van der Waals surface area contributed by atoms with Gasteiger partial charge in [0.15, 0.2) is 0 Å². The molecule has 16 heavy (non-hydrogen) atoms. The van der Waals surface area contributed by atoms with Crippen LogP contribution in [0.25, 0.3) is 0 Å². The number of nitrogens with zero attached hydrogens (tertiary/aromatic N) is 3. The highest BCUT2D eigenvalue weighted by molar-refractivity contribution is 5.33. The number of aromatic nitrogens is 3. The van der Waals surface area contributed by atoms with Crippen molar-refractivity contribution in [1.29, 1.82) is 0 Å². The van der Waals surface area contributed by atoms with Crippen LogP contribution in [-0.2, 0) is 0 Å². The van der Waals surface area contributed by atoms with Crippen LogP contribution in [-0.4, -0.2) is 22.1 Å². The maximum atomic E-state index is 6.07. The Balaban J connectivity index is 2.37. The maximum Gasteiger partial charge on any atom is 0.218 e. The summed E-state index contributed by atoms with van der Waals surface area (Å²) >= 11 is 0. The smallest absolute Gasteiger partial charge is 0.218 e. The zero-order chi connectivity index (χ0) is 11.4. The molecule has 0 amide bonds. The normalized spacial score (nSPS) is 12.1. The second-order valence-electron chi connectivity index (χ2n) is 3.21. The first-order valence-electron chi connectivity index (χ1n) is 4.83. The van der Waals surface area contributed by atoms with Gasteiger partial charge in [0.05, 0.1) is 25.0 Å². The molecule has 0 spiro atoms. The lowest BCUT2D eigenvalue weighted by molar-refractivity contribution is 0.390. The molecule has 2 aromatic rings. The van der Waals surface area contributed by atoms with E-state index in [1.54, 1.807) is 31.9 Å². The van der Waals surface area contributed by atoms with Crippen LogP contribution >= 0.6 is 0 Å². The Morgan fingerprint density at radius 1 is 1.25 bits per heavy atom. The van der Waals surface area contributed by atoms with E-state index in [0.717, 1.165) is 5.56 Å². The fourth-order valence-corrected chi connectivity index (χ4v) is 1.44. The Morgan fingerprint density at radius 2 is 2.12 bits per heavy atom. The third-order valence-corrected chi connectivity index (χ3v) is 2.23. The van der Waals surface area contributed by atoms with E-state index in [0.29, 0.717) is 11.6 Å². The summed E-state index contributed by atoms with van der Waals surface area (Å²) in [7, 11) is 1.56. The lowest BCUT2D eigenvalue weighted by Gasteiger charge is -2.13. The lowest BCUT2D eigenvalue weighted by Crippen LogP contribution is -2.15. The summed E-state index contributed by atoms with van der Waals surface area (Å²) < 4.78 is 5.15. The van der Waals surface area contributed by atoms with E-state index in [9.17, 15) is 0 Å². The molecule has 2 N–H and O–H groups in total. The van der Waals surface area contributed by atoms with E-state index in [-0.39, 0.29) is 6.04 Å². The van der Waals surface area contributed by atoms with Gasteiger partial charge in [0.2, 0.25) is 5.88 Å². The first-order valence-corrected chi connectivity index (χ1v) is 4.83. The molecule has 5 heteroatoms. The molecule has 82 valence electrons. The molecule has 0 fully saturated rings. The molecule has 0 aromatic carbocycles. The molecule has 2 heterocycles. The SMILES string of the molecule is COc1ncccc1C(N)c1cnccn1. The molecule has 2 rings (SSSR count). The van der Waals surface area contributed by atoms with Crippen molar-refractivity contribution in [2.75, 3.05) is 7.11 Å². The van der Waals surface area contributed by atoms with Crippen molar-refractivity contribution in [3.05, 3.63) is 48.2 Å². The highest BCUT2D eigenvalue weighted by atomic mass is 16.5. The average Bonchev–Trinajstić information content (AvgIpc) is 2.39. The van der Waals surface area contributed by atoms with E-state index >= 15 is 0 Å². The van der Waals surface area contributed by atoms with Crippen molar-refractivity contribution in [3.8, 4) is 5.88 Å². The highest BCUT2D eigenvalue weighted by Crippen LogP contribution is 2.24. The van der Waals surface area contributed by atoms with Gasteiger partial charge in [-0.05, 0) is 6.07 Å². The van der Waals surface area contributed by atoms with Gasteiger partial charge >= 0.3 is 0 Å². The van der Waals surface area contributed by atoms with E-state index in [2.05, 4.69) is 15.0 Å². The zero-order valence-electron chi connectivity index (χ0n) is 8.87. The van der Waals surface area contributed by atoms with Crippen LogP contribution in [0.2, 0.25) is 0 Å². The molecule has 1 unspecified atom stereocenters. The number of pyridine rings is 1. The van der Waals surface area contributed by atoms with Gasteiger partial charge in [-0.25, -0.2) is 4.98 Å². The zero-order valence-corrected chi connectivity index (χ0v) is 8.87. The molecule has 0 aliphatic heterocycles. The third kappa shape index (κ3) is 1.99. The van der Waals surface area contributed by atoms with E-state index in [1.165, 1.54) is 0 Å². The van der Waals surface area contributed by atoms with Gasteiger partial charge in [0.1, 0.15) is 0 Å². The molecular weight excluding hydrogens is 204 g/mol. The molecule has 0 saturated carbocycles. The summed E-state index contributed by atoms with van der Waals surface area (Å²) in [6, 6.07) is 3.30. The minimum absolute atomic E-state index is 0.377. The van der Waals surface area contributed by atoms with Crippen molar-refractivity contribution in [3.63, 3.8) is 0 Å². The second-order valence-corrected chi connectivity index (χ2v) is 3.21. The number of methoxy groups -OCH3 is 1. The number of hydrogen-bond acceptors (Lipinski definition) is 5. The van der Waals surface area contributed by atoms with Gasteiger partial charge in [-0.1, -0.05) is 6.07 Å². The van der Waals surface area contributed by atoms with Crippen molar-refractivity contribution >= 4 is 0 Å². The van der Waals surface area contributed by atoms with Crippen molar-refractivity contribution in [2.24, 2.45) is 5.73 Å². The van der Waals surface area contributed by atoms with Gasteiger partial charge in [-0.15, -0.1) is 0 Å². The molecule has 1 atom stereocenters. The fourth-order valence-electron chi connectivity index (χ4n) is 1.44. The number of hydrogen-bond donors (Lipinski definition) is 1. The Hall–Kier alpha value is -2.01. The molecule has 0 radical (unpaired) electrons. The van der Waals surface area contributed by atoms with Crippen LogP contribution in [0.4, 0.5) is 0 Å². The van der Waals surface area contributed by atoms with Gasteiger partial charge in [-0.3, -0.25) is 9.97 Å². The first kappa shape index (κ1) is 10.5. The monoisotopic (exact) mass is 216 g/mol. The van der Waals surface area contributed by atoms with Crippen LogP contribution in [0.1, 0.15) is 17.3 Å². The molecular formula is C11H12N4O. The van der Waals surface area contributed by atoms with Gasteiger partial charge in [0, 0.05) is 24.2 Å². The topological polar surface area (TPSA) is 73.9 Å². The average molecular weight is 216 g/mol. The van der Waals surface area contributed by atoms with Gasteiger partial charge in [0.25, 0.3) is 0 Å². The molecule has 0 aliphatic carbocycles. The van der Waals surface area contributed by atoms with Crippen LogP contribution in [0.3, 0.4) is 0 Å². The Labute approximate surface area is 93.3 Å². The minimum Gasteiger partial charge on any atom is -0.481 e. The van der Waals surface area contributed by atoms with Crippen molar-refractivity contribution in [2.45, 2.75) is 6.04 Å². The summed E-state index contributed by atoms with van der Waals surface area (Å²) in [5.41, 5.74) is 7.56. The van der Waals surface area contributed by atoms with Crippen LogP contribution in [0.5, 0.6) is 5.88 Å². The number of nitrogens with two attached hydrogens (primary N) is 1. The Morgan fingerprint density at radius 3 is 2.81 bits per heavy atom. The molecule has 0 bridgehead atoms. The number of rotatable bonds is 3. The predicted molar refractivity (Wildman–Crippen MR) is 58.9 cm³/mol. The summed E-state index contributed by atoms with van der Waals surface area (Å²) in [5, 5.41) is 0. The molecule has 0 saturated heterocycles. The van der Waals surface area contributed by atoms with E-state index < -0.39 is 0 Å². The quantitative estimate of drug-likeness (QED) is 0.826. The summed E-state index contributed by atoms with van der Waals surface area (Å²) in [4.78, 5) is 12.2. The Bertz CT molecular complexity index is 461. The summed E-state index contributed by atoms with van der Waals surface area (Å²) in [5.74, 6) is 0.514. The predicted octanol–water partition coefficient (Wildman–Crippen LogP) is 0.928. The van der Waals surface area contributed by atoms with Crippen LogP contribution < -0.4 is 10.5 Å². The van der Waals surface area contributed by atoms with Gasteiger partial charge in [-0.2, -0.15) is 0 Å². The Kier molecular flexibility index (Phi) is 3.07. The van der Waals surface area contributed by atoms with Crippen LogP contribution in [0.15, 0.2) is 36.9 Å². The minimum atomic E-state index is -0.377. The fraction of sp³-hybridized carbons (Fsp3) is 0.182. The lowest BCUT2D eigenvalue weighted by atomic mass is 10.1. The van der Waals surface area contributed by atoms with E-state index in [4.69, 9.17) is 10.5 Å². The molecule has 2 aromatic heterocycles.